The summed E-state index contributed by atoms with van der Waals surface area (Å²) in [5.74, 6) is 6.26. The maximum absolute atomic E-state index is 8.39. The number of benzene rings is 1. The molecule has 0 amide bonds. The molecule has 0 atom stereocenters. The minimum atomic E-state index is 0.587. The molecule has 0 N–H and O–H groups in total. The number of hydrogen-bond acceptors (Lipinski definition) is 2. The van der Waals surface area contributed by atoms with Crippen molar-refractivity contribution in [2.24, 2.45) is 0 Å². The van der Waals surface area contributed by atoms with Crippen molar-refractivity contribution in [2.45, 2.75) is 19.3 Å². The molecular formula is C14H16N2. The van der Waals surface area contributed by atoms with Crippen LogP contribution in [0.25, 0.3) is 0 Å². The topological polar surface area (TPSA) is 27.0 Å². The Morgan fingerprint density at radius 2 is 1.94 bits per heavy atom. The standard InChI is InChI=1S/C14H16N2/c1-16(2)14-11-7-6-10-13(14)9-5-3-4-8-12-15/h6-7,10-11H,3-4,8H2,1-2H3. The van der Waals surface area contributed by atoms with E-state index >= 15 is 0 Å². The largest absolute Gasteiger partial charge is 0.377 e. The van der Waals surface area contributed by atoms with Gasteiger partial charge in [-0.15, -0.1) is 0 Å². The first-order chi connectivity index (χ1) is 7.75. The van der Waals surface area contributed by atoms with Gasteiger partial charge in [0, 0.05) is 32.5 Å². The molecule has 0 fully saturated rings. The average Bonchev–Trinajstić information content (AvgIpc) is 2.29. The van der Waals surface area contributed by atoms with Gasteiger partial charge in [-0.25, -0.2) is 0 Å². The Balaban J connectivity index is 2.69. The predicted octanol–water partition coefficient (Wildman–Crippen LogP) is 2.80. The van der Waals surface area contributed by atoms with Gasteiger partial charge in [-0.1, -0.05) is 24.0 Å². The average molecular weight is 212 g/mol. The number of para-hydroxylation sites is 1. The van der Waals surface area contributed by atoms with Crippen molar-refractivity contribution < 1.29 is 0 Å². The van der Waals surface area contributed by atoms with E-state index in [4.69, 9.17) is 5.26 Å². The van der Waals surface area contributed by atoms with Gasteiger partial charge in [-0.2, -0.15) is 5.26 Å². The highest BCUT2D eigenvalue weighted by Gasteiger charge is 1.99. The molecule has 1 aromatic rings. The summed E-state index contributed by atoms with van der Waals surface area (Å²) < 4.78 is 0. The second-order valence-corrected chi connectivity index (χ2v) is 3.73. The van der Waals surface area contributed by atoms with Crippen LogP contribution in [0.4, 0.5) is 5.69 Å². The predicted molar refractivity (Wildman–Crippen MR) is 67.1 cm³/mol. The molecule has 0 bridgehead atoms. The van der Waals surface area contributed by atoms with Gasteiger partial charge in [-0.05, 0) is 18.6 Å². The summed E-state index contributed by atoms with van der Waals surface area (Å²) in [7, 11) is 4.02. The number of anilines is 1. The molecule has 0 unspecified atom stereocenters. The number of rotatable bonds is 3. The van der Waals surface area contributed by atoms with E-state index in [0.29, 0.717) is 6.42 Å². The van der Waals surface area contributed by atoms with E-state index in [1.54, 1.807) is 0 Å². The summed E-state index contributed by atoms with van der Waals surface area (Å²) in [5.41, 5.74) is 2.18. The zero-order valence-corrected chi connectivity index (χ0v) is 9.83. The van der Waals surface area contributed by atoms with E-state index in [1.165, 1.54) is 0 Å². The van der Waals surface area contributed by atoms with Crippen molar-refractivity contribution in [3.8, 4) is 17.9 Å². The summed E-state index contributed by atoms with van der Waals surface area (Å²) in [5, 5.41) is 8.39. The van der Waals surface area contributed by atoms with Crippen LogP contribution >= 0.6 is 0 Å². The van der Waals surface area contributed by atoms with Gasteiger partial charge in [-0.3, -0.25) is 0 Å². The molecule has 82 valence electrons. The summed E-state index contributed by atoms with van der Waals surface area (Å²) in [6.45, 7) is 0. The summed E-state index contributed by atoms with van der Waals surface area (Å²) in [6.07, 6.45) is 2.23. The van der Waals surface area contributed by atoms with E-state index < -0.39 is 0 Å². The van der Waals surface area contributed by atoms with Crippen molar-refractivity contribution >= 4 is 5.69 Å². The maximum atomic E-state index is 8.39. The lowest BCUT2D eigenvalue weighted by molar-refractivity contribution is 0.894. The van der Waals surface area contributed by atoms with Gasteiger partial charge in [0.25, 0.3) is 0 Å². The second kappa shape index (κ2) is 6.53. The lowest BCUT2D eigenvalue weighted by atomic mass is 10.1. The van der Waals surface area contributed by atoms with E-state index in [2.05, 4.69) is 28.9 Å². The van der Waals surface area contributed by atoms with E-state index in [1.807, 2.05) is 32.3 Å². The Morgan fingerprint density at radius 1 is 1.19 bits per heavy atom. The highest BCUT2D eigenvalue weighted by atomic mass is 15.1. The molecule has 0 aromatic heterocycles. The quantitative estimate of drug-likeness (QED) is 0.569. The molecule has 0 aliphatic heterocycles. The third kappa shape index (κ3) is 3.67. The van der Waals surface area contributed by atoms with Crippen molar-refractivity contribution in [1.29, 1.82) is 5.26 Å². The normalized spacial score (nSPS) is 8.81. The van der Waals surface area contributed by atoms with Crippen LogP contribution < -0.4 is 4.90 Å². The Kier molecular flexibility index (Phi) is 4.96. The van der Waals surface area contributed by atoms with Crippen LogP contribution in [0.1, 0.15) is 24.8 Å². The third-order valence-corrected chi connectivity index (χ3v) is 2.20. The Bertz CT molecular complexity index is 430. The zero-order valence-electron chi connectivity index (χ0n) is 9.83. The molecule has 0 spiro atoms. The molecule has 16 heavy (non-hydrogen) atoms. The molecule has 2 nitrogen and oxygen atoms in total. The fourth-order valence-corrected chi connectivity index (χ4v) is 1.38. The minimum absolute atomic E-state index is 0.587. The van der Waals surface area contributed by atoms with Gasteiger partial charge >= 0.3 is 0 Å². The molecule has 0 radical (unpaired) electrons. The second-order valence-electron chi connectivity index (χ2n) is 3.73. The van der Waals surface area contributed by atoms with Crippen molar-refractivity contribution in [3.05, 3.63) is 29.8 Å². The number of hydrogen-bond donors (Lipinski definition) is 0. The zero-order chi connectivity index (χ0) is 11.8. The molecule has 0 aliphatic carbocycles. The molecular weight excluding hydrogens is 196 g/mol. The molecule has 0 saturated heterocycles. The Morgan fingerprint density at radius 3 is 2.62 bits per heavy atom. The van der Waals surface area contributed by atoms with Crippen LogP contribution in [0, 0.1) is 23.2 Å². The van der Waals surface area contributed by atoms with Crippen molar-refractivity contribution in [3.63, 3.8) is 0 Å². The van der Waals surface area contributed by atoms with Crippen LogP contribution in [-0.4, -0.2) is 14.1 Å². The van der Waals surface area contributed by atoms with Crippen LogP contribution in [-0.2, 0) is 0 Å². The Labute approximate surface area is 97.5 Å². The molecule has 0 heterocycles. The number of unbranched alkanes of at least 4 members (excludes halogenated alkanes) is 2. The van der Waals surface area contributed by atoms with E-state index in [-0.39, 0.29) is 0 Å². The maximum Gasteiger partial charge on any atom is 0.0622 e. The minimum Gasteiger partial charge on any atom is -0.377 e. The summed E-state index contributed by atoms with van der Waals surface area (Å²) in [6, 6.07) is 10.2. The lowest BCUT2D eigenvalue weighted by Crippen LogP contribution is -2.09. The first kappa shape index (κ1) is 12.1. The molecule has 1 rings (SSSR count). The van der Waals surface area contributed by atoms with Crippen LogP contribution in [0.15, 0.2) is 24.3 Å². The first-order valence-corrected chi connectivity index (χ1v) is 5.38. The highest BCUT2D eigenvalue weighted by molar-refractivity contribution is 5.59. The van der Waals surface area contributed by atoms with Crippen LogP contribution in [0.2, 0.25) is 0 Å². The molecule has 0 aliphatic rings. The van der Waals surface area contributed by atoms with Gasteiger partial charge < -0.3 is 4.90 Å². The Hall–Kier alpha value is -1.93. The van der Waals surface area contributed by atoms with Crippen molar-refractivity contribution in [1.82, 2.24) is 0 Å². The summed E-state index contributed by atoms with van der Waals surface area (Å²) >= 11 is 0. The SMILES string of the molecule is CN(C)c1ccccc1C#CCCCC#N. The van der Waals surface area contributed by atoms with Gasteiger partial charge in [0.1, 0.15) is 0 Å². The summed E-state index contributed by atoms with van der Waals surface area (Å²) in [4.78, 5) is 2.05. The molecule has 2 heteroatoms. The fourth-order valence-electron chi connectivity index (χ4n) is 1.38. The molecule has 1 aromatic carbocycles. The first-order valence-electron chi connectivity index (χ1n) is 5.38. The van der Waals surface area contributed by atoms with Crippen LogP contribution in [0.5, 0.6) is 0 Å². The fraction of sp³-hybridized carbons (Fsp3) is 0.357. The van der Waals surface area contributed by atoms with Gasteiger partial charge in [0.2, 0.25) is 0 Å². The van der Waals surface area contributed by atoms with Gasteiger partial charge in [0.15, 0.2) is 0 Å². The highest BCUT2D eigenvalue weighted by Crippen LogP contribution is 2.16. The van der Waals surface area contributed by atoms with Crippen molar-refractivity contribution in [2.75, 3.05) is 19.0 Å². The van der Waals surface area contributed by atoms with E-state index in [0.717, 1.165) is 24.1 Å². The lowest BCUT2D eigenvalue weighted by Gasteiger charge is -2.13. The number of nitriles is 1. The monoisotopic (exact) mass is 212 g/mol. The smallest absolute Gasteiger partial charge is 0.0622 e. The third-order valence-electron chi connectivity index (χ3n) is 2.20. The van der Waals surface area contributed by atoms with E-state index in [9.17, 15) is 0 Å². The van der Waals surface area contributed by atoms with Crippen LogP contribution in [0.3, 0.4) is 0 Å². The number of nitrogens with zero attached hydrogens (tertiary/aromatic N) is 2. The molecule has 0 saturated carbocycles. The van der Waals surface area contributed by atoms with Gasteiger partial charge in [0.05, 0.1) is 11.8 Å².